The maximum absolute atomic E-state index is 14.0. The maximum atomic E-state index is 14.0. The van der Waals surface area contributed by atoms with Gasteiger partial charge in [-0.05, 0) is 47.9 Å². The van der Waals surface area contributed by atoms with Gasteiger partial charge < -0.3 is 10.6 Å². The highest BCUT2D eigenvalue weighted by atomic mass is 19.1. The van der Waals surface area contributed by atoms with Crippen molar-refractivity contribution in [2.24, 2.45) is 13.0 Å². The average Bonchev–Trinajstić information content (AvgIpc) is 2.96. The van der Waals surface area contributed by atoms with Crippen molar-refractivity contribution in [3.8, 4) is 0 Å². The van der Waals surface area contributed by atoms with E-state index in [1.165, 1.54) is 6.07 Å². The summed E-state index contributed by atoms with van der Waals surface area (Å²) in [5.41, 5.74) is 2.71. The molecule has 0 saturated carbocycles. The van der Waals surface area contributed by atoms with E-state index in [1.807, 2.05) is 19.3 Å². The molecule has 1 aromatic carbocycles. The minimum absolute atomic E-state index is 0.150. The van der Waals surface area contributed by atoms with Crippen LogP contribution in [0.3, 0.4) is 0 Å². The van der Waals surface area contributed by atoms with E-state index in [0.717, 1.165) is 36.0 Å². The highest BCUT2D eigenvalue weighted by molar-refractivity contribution is 5.74. The van der Waals surface area contributed by atoms with Crippen LogP contribution in [-0.2, 0) is 19.9 Å². The largest absolute Gasteiger partial charge is 0.338 e. The number of aryl methyl sites for hydroxylation is 1. The Bertz CT molecular complexity index is 728. The Morgan fingerprint density at radius 3 is 3.04 bits per heavy atom. The molecule has 3 rings (SSSR count). The van der Waals surface area contributed by atoms with Crippen molar-refractivity contribution in [3.63, 3.8) is 0 Å². The van der Waals surface area contributed by atoms with E-state index in [9.17, 15) is 9.18 Å². The Balaban J connectivity index is 1.59. The quantitative estimate of drug-likeness (QED) is 0.905. The van der Waals surface area contributed by atoms with Crippen molar-refractivity contribution in [2.75, 3.05) is 6.54 Å². The molecule has 0 fully saturated rings. The normalized spacial score (nSPS) is 19.6. The Morgan fingerprint density at radius 1 is 1.46 bits per heavy atom. The number of urea groups is 1. The third-order valence-corrected chi connectivity index (χ3v) is 4.65. The summed E-state index contributed by atoms with van der Waals surface area (Å²) in [6, 6.07) is 4.74. The predicted octanol–water partition coefficient (Wildman–Crippen LogP) is 2.72. The van der Waals surface area contributed by atoms with Crippen LogP contribution in [0.2, 0.25) is 0 Å². The molecule has 2 aromatic rings. The van der Waals surface area contributed by atoms with Crippen molar-refractivity contribution < 1.29 is 9.18 Å². The summed E-state index contributed by atoms with van der Waals surface area (Å²) in [7, 11) is 1.87. The number of fused-ring (bicyclic) bond motifs is 1. The smallest absolute Gasteiger partial charge is 0.315 e. The number of rotatable bonds is 4. The lowest BCUT2D eigenvalue weighted by Gasteiger charge is -2.32. The molecule has 0 spiro atoms. The van der Waals surface area contributed by atoms with Crippen molar-refractivity contribution >= 4 is 6.03 Å². The molecule has 1 aliphatic carbocycles. The van der Waals surface area contributed by atoms with Crippen LogP contribution < -0.4 is 10.6 Å². The van der Waals surface area contributed by atoms with Crippen LogP contribution in [0.1, 0.15) is 36.1 Å². The lowest BCUT2D eigenvalue weighted by atomic mass is 9.80. The van der Waals surface area contributed by atoms with E-state index in [2.05, 4.69) is 22.7 Å². The van der Waals surface area contributed by atoms with Gasteiger partial charge in [0.15, 0.2) is 0 Å². The van der Waals surface area contributed by atoms with Gasteiger partial charge in [-0.1, -0.05) is 19.1 Å². The first-order chi connectivity index (χ1) is 11.5. The number of amides is 2. The molecule has 5 nitrogen and oxygen atoms in total. The van der Waals surface area contributed by atoms with Gasteiger partial charge in [0.25, 0.3) is 0 Å². The fraction of sp³-hybridized carbons (Fsp3) is 0.444. The minimum Gasteiger partial charge on any atom is -0.338 e. The zero-order valence-corrected chi connectivity index (χ0v) is 14.1. The average molecular weight is 330 g/mol. The second kappa shape index (κ2) is 7.03. The van der Waals surface area contributed by atoms with Gasteiger partial charge in [-0.2, -0.15) is 5.10 Å². The summed E-state index contributed by atoms with van der Waals surface area (Å²) in [5, 5.41) is 9.98. The number of benzene rings is 1. The molecule has 24 heavy (non-hydrogen) atoms. The lowest BCUT2D eigenvalue weighted by molar-refractivity contribution is 0.229. The molecular weight excluding hydrogens is 307 g/mol. The second-order valence-electron chi connectivity index (χ2n) is 6.47. The van der Waals surface area contributed by atoms with Crippen molar-refractivity contribution in [2.45, 2.75) is 32.2 Å². The molecule has 2 amide bonds. The molecule has 6 heteroatoms. The lowest BCUT2D eigenvalue weighted by Crippen LogP contribution is -2.42. The van der Waals surface area contributed by atoms with Crippen LogP contribution in [0.5, 0.6) is 0 Å². The number of hydrogen-bond acceptors (Lipinski definition) is 2. The number of carbonyl (C=O) groups excluding carboxylic acids is 1. The molecule has 0 radical (unpaired) electrons. The number of halogens is 1. The van der Waals surface area contributed by atoms with E-state index >= 15 is 0 Å². The molecule has 0 bridgehead atoms. The van der Waals surface area contributed by atoms with Gasteiger partial charge in [0, 0.05) is 19.8 Å². The number of nitrogens with one attached hydrogen (secondary N) is 2. The number of hydrogen-bond donors (Lipinski definition) is 2. The molecule has 1 heterocycles. The van der Waals surface area contributed by atoms with E-state index in [1.54, 1.807) is 16.9 Å². The molecular formula is C18H23FN4O. The van der Waals surface area contributed by atoms with Crippen LogP contribution in [0.15, 0.2) is 30.6 Å². The van der Waals surface area contributed by atoms with Crippen molar-refractivity contribution in [3.05, 3.63) is 53.1 Å². The summed E-state index contributed by atoms with van der Waals surface area (Å²) in [4.78, 5) is 12.2. The van der Waals surface area contributed by atoms with Gasteiger partial charge in [0.05, 0.1) is 12.2 Å². The molecule has 1 aliphatic rings. The number of nitrogens with zero attached hydrogens (tertiary/aromatic N) is 2. The first-order valence-electron chi connectivity index (χ1n) is 8.34. The standard InChI is InChI=1S/C18H23FN4O/c1-12-6-7-14-15(4-3-5-16(14)19)17(12)22-18(24)20-9-8-13-10-21-23(2)11-13/h3-5,10-12,17H,6-9H2,1-2H3,(H2,20,22,24)/t12-,17+/m0/s1. The van der Waals surface area contributed by atoms with Crippen LogP contribution in [0.4, 0.5) is 9.18 Å². The molecule has 0 saturated heterocycles. The third kappa shape index (κ3) is 3.58. The molecule has 1 aromatic heterocycles. The zero-order valence-electron chi connectivity index (χ0n) is 14.1. The van der Waals surface area contributed by atoms with Gasteiger partial charge in [-0.3, -0.25) is 4.68 Å². The Labute approximate surface area is 141 Å². The van der Waals surface area contributed by atoms with E-state index in [0.29, 0.717) is 6.54 Å². The topological polar surface area (TPSA) is 59.0 Å². The summed E-state index contributed by atoms with van der Waals surface area (Å²) in [6.45, 7) is 2.63. The highest BCUT2D eigenvalue weighted by Crippen LogP contribution is 2.35. The van der Waals surface area contributed by atoms with Crippen LogP contribution in [0.25, 0.3) is 0 Å². The molecule has 2 atom stereocenters. The second-order valence-corrected chi connectivity index (χ2v) is 6.47. The van der Waals surface area contributed by atoms with Gasteiger partial charge in [0.2, 0.25) is 0 Å². The zero-order chi connectivity index (χ0) is 17.1. The molecule has 2 N–H and O–H groups in total. The van der Waals surface area contributed by atoms with Crippen LogP contribution in [0, 0.1) is 11.7 Å². The van der Waals surface area contributed by atoms with Crippen LogP contribution in [-0.4, -0.2) is 22.4 Å². The molecule has 0 unspecified atom stereocenters. The number of carbonyl (C=O) groups is 1. The van der Waals surface area contributed by atoms with Gasteiger partial charge >= 0.3 is 6.03 Å². The Hall–Kier alpha value is -2.37. The van der Waals surface area contributed by atoms with E-state index in [4.69, 9.17) is 0 Å². The molecule has 0 aliphatic heterocycles. The van der Waals surface area contributed by atoms with Crippen LogP contribution >= 0.6 is 0 Å². The SMILES string of the molecule is C[C@H]1CCc2c(F)cccc2[C@@H]1NC(=O)NCCc1cnn(C)c1. The summed E-state index contributed by atoms with van der Waals surface area (Å²) >= 11 is 0. The number of aromatic nitrogens is 2. The van der Waals surface area contributed by atoms with Gasteiger partial charge in [-0.25, -0.2) is 9.18 Å². The van der Waals surface area contributed by atoms with E-state index in [-0.39, 0.29) is 23.8 Å². The van der Waals surface area contributed by atoms with E-state index < -0.39 is 0 Å². The monoisotopic (exact) mass is 330 g/mol. The van der Waals surface area contributed by atoms with Crippen molar-refractivity contribution in [1.82, 2.24) is 20.4 Å². The first-order valence-corrected chi connectivity index (χ1v) is 8.34. The van der Waals surface area contributed by atoms with Crippen molar-refractivity contribution in [1.29, 1.82) is 0 Å². The summed E-state index contributed by atoms with van der Waals surface area (Å²) < 4.78 is 15.7. The van der Waals surface area contributed by atoms with Gasteiger partial charge in [-0.15, -0.1) is 0 Å². The summed E-state index contributed by atoms with van der Waals surface area (Å²) in [6.07, 6.45) is 6.05. The fourth-order valence-electron chi connectivity index (χ4n) is 3.31. The minimum atomic E-state index is -0.215. The third-order valence-electron chi connectivity index (χ3n) is 4.65. The predicted molar refractivity (Wildman–Crippen MR) is 90.1 cm³/mol. The fourth-order valence-corrected chi connectivity index (χ4v) is 3.31. The molecule has 128 valence electrons. The maximum Gasteiger partial charge on any atom is 0.315 e. The highest BCUT2D eigenvalue weighted by Gasteiger charge is 2.29. The Morgan fingerprint density at radius 2 is 2.29 bits per heavy atom. The summed E-state index contributed by atoms with van der Waals surface area (Å²) in [5.74, 6) is 0.103. The first kappa shape index (κ1) is 16.5. The Kier molecular flexibility index (Phi) is 4.83. The van der Waals surface area contributed by atoms with Gasteiger partial charge in [0.1, 0.15) is 5.82 Å².